The molecule has 0 unspecified atom stereocenters. The number of nitrogens with zero attached hydrogens (tertiary/aromatic N) is 2. The highest BCUT2D eigenvalue weighted by molar-refractivity contribution is 5.90. The van der Waals surface area contributed by atoms with Gasteiger partial charge in [-0.15, -0.1) is 0 Å². The minimum absolute atomic E-state index is 0.154. The lowest BCUT2D eigenvalue weighted by Gasteiger charge is -1.99. The molecule has 0 aliphatic carbocycles. The Balaban J connectivity index is 2.31. The Hall–Kier alpha value is -1.65. The van der Waals surface area contributed by atoms with Gasteiger partial charge in [-0.2, -0.15) is 5.10 Å². The summed E-state index contributed by atoms with van der Waals surface area (Å²) in [4.78, 5) is 21.4. The topological polar surface area (TPSA) is 78.0 Å². The Morgan fingerprint density at radius 3 is 2.80 bits per heavy atom. The van der Waals surface area contributed by atoms with E-state index in [1.807, 2.05) is 0 Å². The number of hydrogen-bond donors (Lipinski definition) is 1. The molecule has 1 rings (SSSR count). The predicted molar refractivity (Wildman–Crippen MR) is 54.1 cm³/mol. The van der Waals surface area contributed by atoms with Gasteiger partial charge in [0.05, 0.1) is 0 Å². The van der Waals surface area contributed by atoms with E-state index in [1.165, 1.54) is 0 Å². The van der Waals surface area contributed by atoms with E-state index in [-0.39, 0.29) is 11.5 Å². The molecule has 1 heterocycles. The van der Waals surface area contributed by atoms with Gasteiger partial charge in [-0.1, -0.05) is 0 Å². The van der Waals surface area contributed by atoms with Gasteiger partial charge in [-0.25, -0.2) is 0 Å². The van der Waals surface area contributed by atoms with Crippen molar-refractivity contribution in [3.8, 4) is 0 Å². The first-order valence-corrected chi connectivity index (χ1v) is 4.84. The van der Waals surface area contributed by atoms with Crippen molar-refractivity contribution in [1.82, 2.24) is 9.78 Å². The fraction of sp³-hybridized carbons (Fsp3) is 0.500. The first kappa shape index (κ1) is 11.4. The van der Waals surface area contributed by atoms with Crippen molar-refractivity contribution in [3.63, 3.8) is 0 Å². The number of rotatable bonds is 6. The van der Waals surface area contributed by atoms with E-state index in [0.717, 1.165) is 12.8 Å². The highest BCUT2D eigenvalue weighted by atomic mass is 16.1. The molecule has 0 bridgehead atoms. The summed E-state index contributed by atoms with van der Waals surface area (Å²) in [7, 11) is 0. The van der Waals surface area contributed by atoms with Crippen LogP contribution in [0.3, 0.4) is 0 Å². The van der Waals surface area contributed by atoms with E-state index in [9.17, 15) is 9.59 Å². The molecule has 0 saturated carbocycles. The van der Waals surface area contributed by atoms with Gasteiger partial charge in [0.15, 0.2) is 5.69 Å². The van der Waals surface area contributed by atoms with Gasteiger partial charge in [0.25, 0.3) is 5.91 Å². The Bertz CT molecular complexity index is 357. The minimum atomic E-state index is -0.572. The molecule has 81 valence electrons. The van der Waals surface area contributed by atoms with Crippen LogP contribution < -0.4 is 5.73 Å². The fourth-order valence-electron chi connectivity index (χ4n) is 1.20. The molecule has 1 aromatic rings. The molecule has 1 aromatic heterocycles. The van der Waals surface area contributed by atoms with Crippen molar-refractivity contribution in [2.24, 2.45) is 5.73 Å². The third kappa shape index (κ3) is 3.93. The molecule has 5 heteroatoms. The van der Waals surface area contributed by atoms with Gasteiger partial charge in [-0.05, 0) is 19.8 Å². The van der Waals surface area contributed by atoms with Crippen LogP contribution in [0.15, 0.2) is 6.20 Å². The van der Waals surface area contributed by atoms with Gasteiger partial charge >= 0.3 is 0 Å². The van der Waals surface area contributed by atoms with Gasteiger partial charge in [0.1, 0.15) is 5.78 Å². The van der Waals surface area contributed by atoms with E-state index in [0.29, 0.717) is 13.0 Å². The van der Waals surface area contributed by atoms with Crippen LogP contribution in [0.4, 0.5) is 0 Å². The Kier molecular flexibility index (Phi) is 4.03. The summed E-state index contributed by atoms with van der Waals surface area (Å²) in [5.41, 5.74) is 5.19. The van der Waals surface area contributed by atoms with Crippen molar-refractivity contribution in [2.75, 3.05) is 0 Å². The third-order valence-corrected chi connectivity index (χ3v) is 1.98. The molecular weight excluding hydrogens is 194 g/mol. The number of primary amides is 1. The minimum Gasteiger partial charge on any atom is -0.364 e. The molecule has 0 aromatic carbocycles. The summed E-state index contributed by atoms with van der Waals surface area (Å²) < 4.78 is 1.61. The molecule has 0 saturated heterocycles. The van der Waals surface area contributed by atoms with Crippen molar-refractivity contribution < 1.29 is 9.59 Å². The van der Waals surface area contributed by atoms with Crippen LogP contribution in [0.2, 0.25) is 0 Å². The number of nitrogens with two attached hydrogens (primary N) is 1. The number of Topliss-reactive ketones (excluding diaryl/α,β-unsaturated/α-hetero) is 1. The molecule has 15 heavy (non-hydrogen) atoms. The molecule has 0 aliphatic rings. The second-order valence-electron chi connectivity index (χ2n) is 3.41. The zero-order valence-corrected chi connectivity index (χ0v) is 8.69. The normalized spacial score (nSPS) is 10.2. The molecule has 5 nitrogen and oxygen atoms in total. The molecule has 0 fully saturated rings. The van der Waals surface area contributed by atoms with Gasteiger partial charge in [-0.3, -0.25) is 9.48 Å². The third-order valence-electron chi connectivity index (χ3n) is 1.98. The maximum absolute atomic E-state index is 10.7. The number of carbonyl (C=O) groups is 2. The average molecular weight is 208 g/mol. The van der Waals surface area contributed by atoms with Crippen LogP contribution >= 0.6 is 0 Å². The smallest absolute Gasteiger partial charge is 0.269 e. The molecule has 0 atom stereocenters. The zero-order chi connectivity index (χ0) is 11.3. The number of aromatic nitrogens is 2. The number of carbonyl (C=O) groups excluding carboxylic acids is 2. The Morgan fingerprint density at radius 2 is 2.27 bits per heavy atom. The largest absolute Gasteiger partial charge is 0.364 e. The molecule has 1 amide bonds. The van der Waals surface area contributed by atoms with E-state index in [2.05, 4.69) is 11.2 Å². The van der Waals surface area contributed by atoms with Crippen molar-refractivity contribution >= 4 is 11.7 Å². The summed E-state index contributed by atoms with van der Waals surface area (Å²) in [6.07, 6.45) is 3.87. The lowest BCUT2D eigenvalue weighted by Crippen LogP contribution is -2.12. The van der Waals surface area contributed by atoms with Gasteiger partial charge in [0.2, 0.25) is 0 Å². The molecular formula is C10H14N3O2. The van der Waals surface area contributed by atoms with Crippen molar-refractivity contribution in [1.29, 1.82) is 0 Å². The van der Waals surface area contributed by atoms with Crippen LogP contribution in [-0.2, 0) is 11.3 Å². The molecule has 1 radical (unpaired) electrons. The van der Waals surface area contributed by atoms with Crippen molar-refractivity contribution in [2.45, 2.75) is 32.7 Å². The van der Waals surface area contributed by atoms with Crippen LogP contribution in [-0.4, -0.2) is 21.5 Å². The van der Waals surface area contributed by atoms with E-state index < -0.39 is 5.91 Å². The van der Waals surface area contributed by atoms with E-state index in [4.69, 9.17) is 5.73 Å². The zero-order valence-electron chi connectivity index (χ0n) is 8.69. The SMILES string of the molecule is CC(=O)CCCCn1c[c]c(C(N)=O)n1. The monoisotopic (exact) mass is 208 g/mol. The number of ketones is 1. The fourth-order valence-corrected chi connectivity index (χ4v) is 1.20. The Labute approximate surface area is 88.3 Å². The summed E-state index contributed by atoms with van der Waals surface area (Å²) in [5.74, 6) is -0.377. The highest BCUT2D eigenvalue weighted by Gasteiger charge is 2.04. The van der Waals surface area contributed by atoms with E-state index in [1.54, 1.807) is 17.8 Å². The summed E-state index contributed by atoms with van der Waals surface area (Å²) in [5, 5.41) is 3.93. The van der Waals surface area contributed by atoms with Crippen LogP contribution in [0.25, 0.3) is 0 Å². The second-order valence-corrected chi connectivity index (χ2v) is 3.41. The highest BCUT2D eigenvalue weighted by Crippen LogP contribution is 2.00. The summed E-state index contributed by atoms with van der Waals surface area (Å²) in [6, 6.07) is 2.67. The summed E-state index contributed by atoms with van der Waals surface area (Å²) in [6.45, 7) is 2.25. The molecule has 0 aliphatic heterocycles. The average Bonchev–Trinajstić information content (AvgIpc) is 2.60. The van der Waals surface area contributed by atoms with Crippen LogP contribution in [0, 0.1) is 6.07 Å². The second kappa shape index (κ2) is 5.29. The maximum Gasteiger partial charge on any atom is 0.269 e. The lowest BCUT2D eigenvalue weighted by molar-refractivity contribution is -0.117. The van der Waals surface area contributed by atoms with E-state index >= 15 is 0 Å². The predicted octanol–water partition coefficient (Wildman–Crippen LogP) is 0.541. The maximum atomic E-state index is 10.7. The molecule has 2 N–H and O–H groups in total. The van der Waals surface area contributed by atoms with Gasteiger partial charge in [0, 0.05) is 25.2 Å². The standard InChI is InChI=1S/C10H14N3O2/c1-8(14)4-2-3-6-13-7-5-9(12-13)10(11)15/h7H,2-4,6H2,1H3,(H2,11,15). The van der Waals surface area contributed by atoms with Crippen LogP contribution in [0.1, 0.15) is 36.7 Å². The first-order chi connectivity index (χ1) is 7.09. The lowest BCUT2D eigenvalue weighted by atomic mass is 10.2. The Morgan fingerprint density at radius 1 is 1.53 bits per heavy atom. The van der Waals surface area contributed by atoms with Crippen LogP contribution in [0.5, 0.6) is 0 Å². The van der Waals surface area contributed by atoms with Crippen molar-refractivity contribution in [3.05, 3.63) is 18.0 Å². The molecule has 0 spiro atoms. The number of hydrogen-bond acceptors (Lipinski definition) is 3. The number of amides is 1. The number of aryl methyl sites for hydroxylation is 1. The first-order valence-electron chi connectivity index (χ1n) is 4.84. The summed E-state index contributed by atoms with van der Waals surface area (Å²) >= 11 is 0. The quantitative estimate of drug-likeness (QED) is 0.693. The number of unbranched alkanes of at least 4 members (excludes halogenated alkanes) is 1. The van der Waals surface area contributed by atoms with Gasteiger partial charge < -0.3 is 10.5 Å².